The largest absolute Gasteiger partial charge is 0.318 e. The molecule has 0 atom stereocenters. The highest BCUT2D eigenvalue weighted by atomic mass is 32.1. The number of fused-ring (bicyclic) bond motifs is 1. The number of amides is 1. The molecule has 21 heavy (non-hydrogen) atoms. The Bertz CT molecular complexity index is 790. The lowest BCUT2D eigenvalue weighted by Crippen LogP contribution is -2.19. The van der Waals surface area contributed by atoms with Gasteiger partial charge in [0, 0.05) is 17.5 Å². The molecule has 3 aromatic rings. The zero-order valence-corrected chi connectivity index (χ0v) is 12.8. The highest BCUT2D eigenvalue weighted by Crippen LogP contribution is 2.18. The van der Waals surface area contributed by atoms with Crippen molar-refractivity contribution < 1.29 is 4.79 Å². The van der Waals surface area contributed by atoms with Crippen molar-refractivity contribution in [2.75, 3.05) is 5.32 Å². The summed E-state index contributed by atoms with van der Waals surface area (Å²) in [4.78, 5) is 22.0. The second-order valence-electron chi connectivity index (χ2n) is 4.78. The van der Waals surface area contributed by atoms with Crippen LogP contribution in [0.4, 0.5) is 5.13 Å². The summed E-state index contributed by atoms with van der Waals surface area (Å²) in [7, 11) is 0. The minimum Gasteiger partial charge on any atom is -0.318 e. The van der Waals surface area contributed by atoms with Crippen molar-refractivity contribution in [3.63, 3.8) is 0 Å². The van der Waals surface area contributed by atoms with Gasteiger partial charge in [0.25, 0.3) is 0 Å². The SMILES string of the molecule is CCc1nc2ccccc2n1CC(=O)Nc1ncc(C)s1. The highest BCUT2D eigenvalue weighted by Gasteiger charge is 2.13. The van der Waals surface area contributed by atoms with Gasteiger partial charge in [-0.3, -0.25) is 4.79 Å². The van der Waals surface area contributed by atoms with Crippen LogP contribution in [-0.4, -0.2) is 20.4 Å². The summed E-state index contributed by atoms with van der Waals surface area (Å²) in [5.41, 5.74) is 1.91. The molecule has 0 saturated heterocycles. The normalized spacial score (nSPS) is 11.0. The van der Waals surface area contributed by atoms with Crippen LogP contribution in [0.15, 0.2) is 30.5 Å². The van der Waals surface area contributed by atoms with Gasteiger partial charge in [0.15, 0.2) is 5.13 Å². The fourth-order valence-electron chi connectivity index (χ4n) is 2.29. The fourth-order valence-corrected chi connectivity index (χ4v) is 2.97. The van der Waals surface area contributed by atoms with Gasteiger partial charge >= 0.3 is 0 Å². The van der Waals surface area contributed by atoms with E-state index in [0.717, 1.165) is 28.2 Å². The van der Waals surface area contributed by atoms with Gasteiger partial charge in [-0.1, -0.05) is 19.1 Å². The molecular weight excluding hydrogens is 284 g/mol. The smallest absolute Gasteiger partial charge is 0.246 e. The Morgan fingerprint density at radius 1 is 1.38 bits per heavy atom. The number of thiazole rings is 1. The van der Waals surface area contributed by atoms with Crippen molar-refractivity contribution in [1.82, 2.24) is 14.5 Å². The Hall–Kier alpha value is -2.21. The average molecular weight is 300 g/mol. The van der Waals surface area contributed by atoms with Crippen LogP contribution < -0.4 is 5.32 Å². The van der Waals surface area contributed by atoms with Gasteiger partial charge in [-0.05, 0) is 19.1 Å². The third-order valence-corrected chi connectivity index (χ3v) is 4.05. The van der Waals surface area contributed by atoms with Gasteiger partial charge in [0.2, 0.25) is 5.91 Å². The minimum atomic E-state index is -0.0813. The molecular formula is C15H16N4OS. The number of carbonyl (C=O) groups is 1. The van der Waals surface area contributed by atoms with Crippen molar-refractivity contribution in [2.45, 2.75) is 26.8 Å². The quantitative estimate of drug-likeness (QED) is 0.805. The Kier molecular flexibility index (Phi) is 3.70. The lowest BCUT2D eigenvalue weighted by Gasteiger charge is -2.07. The van der Waals surface area contributed by atoms with E-state index >= 15 is 0 Å². The third-order valence-electron chi connectivity index (χ3n) is 3.22. The van der Waals surface area contributed by atoms with E-state index in [1.807, 2.05) is 42.7 Å². The number of nitrogens with zero attached hydrogens (tertiary/aromatic N) is 3. The van der Waals surface area contributed by atoms with E-state index in [4.69, 9.17) is 0 Å². The Morgan fingerprint density at radius 2 is 2.19 bits per heavy atom. The Labute approximate surface area is 126 Å². The lowest BCUT2D eigenvalue weighted by molar-refractivity contribution is -0.116. The van der Waals surface area contributed by atoms with Crippen LogP contribution in [0.25, 0.3) is 11.0 Å². The maximum atomic E-state index is 12.2. The van der Waals surface area contributed by atoms with E-state index in [1.165, 1.54) is 11.3 Å². The zero-order valence-electron chi connectivity index (χ0n) is 12.0. The van der Waals surface area contributed by atoms with E-state index in [2.05, 4.69) is 15.3 Å². The molecule has 2 heterocycles. The van der Waals surface area contributed by atoms with E-state index in [0.29, 0.717) is 5.13 Å². The molecule has 2 aromatic heterocycles. The highest BCUT2D eigenvalue weighted by molar-refractivity contribution is 7.15. The maximum Gasteiger partial charge on any atom is 0.246 e. The lowest BCUT2D eigenvalue weighted by atomic mass is 10.3. The first kappa shape index (κ1) is 13.8. The van der Waals surface area contributed by atoms with Gasteiger partial charge in [0.1, 0.15) is 12.4 Å². The number of imidazole rings is 1. The van der Waals surface area contributed by atoms with Crippen molar-refractivity contribution in [3.05, 3.63) is 41.2 Å². The molecule has 0 spiro atoms. The molecule has 108 valence electrons. The van der Waals surface area contributed by atoms with Crippen LogP contribution in [0.3, 0.4) is 0 Å². The number of anilines is 1. The van der Waals surface area contributed by atoms with Gasteiger partial charge in [-0.15, -0.1) is 11.3 Å². The third kappa shape index (κ3) is 2.80. The first-order valence-electron chi connectivity index (χ1n) is 6.84. The molecule has 0 unspecified atom stereocenters. The number of benzene rings is 1. The van der Waals surface area contributed by atoms with Crippen LogP contribution in [0.2, 0.25) is 0 Å². The van der Waals surface area contributed by atoms with Crippen LogP contribution in [0, 0.1) is 6.92 Å². The van der Waals surface area contributed by atoms with Crippen LogP contribution in [0.5, 0.6) is 0 Å². The summed E-state index contributed by atoms with van der Waals surface area (Å²) in [5.74, 6) is 0.837. The maximum absolute atomic E-state index is 12.2. The zero-order chi connectivity index (χ0) is 14.8. The van der Waals surface area contributed by atoms with Crippen LogP contribution in [-0.2, 0) is 17.8 Å². The van der Waals surface area contributed by atoms with Crippen molar-refractivity contribution in [1.29, 1.82) is 0 Å². The second-order valence-corrected chi connectivity index (χ2v) is 6.02. The van der Waals surface area contributed by atoms with Crippen LogP contribution >= 0.6 is 11.3 Å². The Balaban J connectivity index is 1.85. The topological polar surface area (TPSA) is 59.8 Å². The van der Waals surface area contributed by atoms with E-state index in [-0.39, 0.29) is 12.5 Å². The second kappa shape index (κ2) is 5.65. The van der Waals surface area contributed by atoms with Crippen LogP contribution in [0.1, 0.15) is 17.6 Å². The predicted molar refractivity (Wildman–Crippen MR) is 84.6 cm³/mol. The number of aryl methyl sites for hydroxylation is 2. The van der Waals surface area contributed by atoms with E-state index < -0.39 is 0 Å². The molecule has 6 heteroatoms. The van der Waals surface area contributed by atoms with Gasteiger partial charge in [-0.2, -0.15) is 0 Å². The number of nitrogens with one attached hydrogen (secondary N) is 1. The van der Waals surface area contributed by atoms with Crippen molar-refractivity contribution >= 4 is 33.4 Å². The first-order chi connectivity index (χ1) is 10.2. The summed E-state index contributed by atoms with van der Waals surface area (Å²) in [6.45, 7) is 4.26. The number of para-hydroxylation sites is 2. The molecule has 0 aliphatic rings. The summed E-state index contributed by atoms with van der Waals surface area (Å²) in [5, 5.41) is 3.48. The molecule has 0 aliphatic carbocycles. The first-order valence-corrected chi connectivity index (χ1v) is 7.65. The molecule has 0 saturated carbocycles. The minimum absolute atomic E-state index is 0.0813. The number of aromatic nitrogens is 3. The predicted octanol–water partition coefficient (Wildman–Crippen LogP) is 3.00. The summed E-state index contributed by atoms with van der Waals surface area (Å²) < 4.78 is 1.96. The molecule has 3 rings (SSSR count). The molecule has 0 bridgehead atoms. The number of hydrogen-bond acceptors (Lipinski definition) is 4. The molecule has 1 aromatic carbocycles. The summed E-state index contributed by atoms with van der Waals surface area (Å²) in [6, 6.07) is 7.87. The molecule has 0 radical (unpaired) electrons. The van der Waals surface area contributed by atoms with Gasteiger partial charge in [0.05, 0.1) is 11.0 Å². The molecule has 1 N–H and O–H groups in total. The monoisotopic (exact) mass is 300 g/mol. The van der Waals surface area contributed by atoms with E-state index in [1.54, 1.807) is 6.20 Å². The number of rotatable bonds is 4. The fraction of sp³-hybridized carbons (Fsp3) is 0.267. The molecule has 0 aliphatic heterocycles. The van der Waals surface area contributed by atoms with Crippen molar-refractivity contribution in [2.24, 2.45) is 0 Å². The standard InChI is InChI=1S/C15H16N4OS/c1-3-13-17-11-6-4-5-7-12(11)19(13)9-14(20)18-15-16-8-10(2)21-15/h4-8H,3,9H2,1-2H3,(H,16,18,20). The molecule has 0 fully saturated rings. The number of hydrogen-bond donors (Lipinski definition) is 1. The average Bonchev–Trinajstić information content (AvgIpc) is 3.03. The Morgan fingerprint density at radius 3 is 2.90 bits per heavy atom. The van der Waals surface area contributed by atoms with Gasteiger partial charge in [-0.25, -0.2) is 9.97 Å². The van der Waals surface area contributed by atoms with Crippen molar-refractivity contribution in [3.8, 4) is 0 Å². The number of carbonyl (C=O) groups excluding carboxylic acids is 1. The summed E-state index contributed by atoms with van der Waals surface area (Å²) in [6.07, 6.45) is 2.54. The van der Waals surface area contributed by atoms with E-state index in [9.17, 15) is 4.79 Å². The summed E-state index contributed by atoms with van der Waals surface area (Å²) >= 11 is 1.47. The van der Waals surface area contributed by atoms with Gasteiger partial charge < -0.3 is 9.88 Å². The molecule has 5 nitrogen and oxygen atoms in total. The molecule has 1 amide bonds.